The van der Waals surface area contributed by atoms with Crippen LogP contribution < -0.4 is 5.73 Å². The van der Waals surface area contributed by atoms with E-state index in [1.54, 1.807) is 0 Å². The lowest BCUT2D eigenvalue weighted by Crippen LogP contribution is -2.21. The molecule has 0 aromatic heterocycles. The van der Waals surface area contributed by atoms with Crippen LogP contribution >= 0.6 is 23.2 Å². The van der Waals surface area contributed by atoms with Crippen LogP contribution in [0.25, 0.3) is 0 Å². The third-order valence-electron chi connectivity index (χ3n) is 3.10. The summed E-state index contributed by atoms with van der Waals surface area (Å²) in [6, 6.07) is 5.68. The van der Waals surface area contributed by atoms with Gasteiger partial charge in [-0.25, -0.2) is 0 Å². The van der Waals surface area contributed by atoms with E-state index in [-0.39, 0.29) is 5.54 Å². The average molecular weight is 230 g/mol. The molecule has 0 radical (unpaired) electrons. The first-order valence-corrected chi connectivity index (χ1v) is 5.58. The molecule has 0 heterocycles. The second kappa shape index (κ2) is 3.41. The van der Waals surface area contributed by atoms with Crippen molar-refractivity contribution in [1.29, 1.82) is 0 Å². The van der Waals surface area contributed by atoms with Crippen molar-refractivity contribution in [3.8, 4) is 0 Å². The van der Waals surface area contributed by atoms with Crippen molar-refractivity contribution in [2.75, 3.05) is 0 Å². The lowest BCUT2D eigenvalue weighted by molar-refractivity contribution is 0.615. The molecule has 1 saturated carbocycles. The summed E-state index contributed by atoms with van der Waals surface area (Å²) in [6.07, 6.45) is 2.18. The molecule has 2 unspecified atom stereocenters. The fourth-order valence-electron chi connectivity index (χ4n) is 2.00. The molecule has 0 saturated heterocycles. The minimum absolute atomic E-state index is 0.150. The molecular formula is C11H13Cl2N. The van der Waals surface area contributed by atoms with Crippen LogP contribution in [0.3, 0.4) is 0 Å². The first-order chi connectivity index (χ1) is 6.58. The number of nitrogens with two attached hydrogens (primary N) is 1. The van der Waals surface area contributed by atoms with Crippen molar-refractivity contribution in [2.45, 2.75) is 25.3 Å². The fraction of sp³-hybridized carbons (Fsp3) is 0.455. The molecule has 1 aromatic rings. The van der Waals surface area contributed by atoms with Crippen molar-refractivity contribution < 1.29 is 0 Å². The number of halogens is 2. The molecule has 2 rings (SSSR count). The van der Waals surface area contributed by atoms with Crippen LogP contribution in [-0.2, 0) is 5.54 Å². The summed E-state index contributed by atoms with van der Waals surface area (Å²) in [4.78, 5) is 0. The van der Waals surface area contributed by atoms with Crippen molar-refractivity contribution in [3.05, 3.63) is 33.8 Å². The van der Waals surface area contributed by atoms with E-state index >= 15 is 0 Å². The van der Waals surface area contributed by atoms with Gasteiger partial charge in [0.25, 0.3) is 0 Å². The third kappa shape index (κ3) is 1.54. The summed E-state index contributed by atoms with van der Waals surface area (Å²) in [7, 11) is 0. The van der Waals surface area contributed by atoms with Gasteiger partial charge < -0.3 is 5.73 Å². The summed E-state index contributed by atoms with van der Waals surface area (Å²) in [5.41, 5.74) is 7.20. The molecule has 1 aliphatic carbocycles. The highest BCUT2D eigenvalue weighted by Crippen LogP contribution is 2.52. The largest absolute Gasteiger partial charge is 0.321 e. The van der Waals surface area contributed by atoms with Crippen LogP contribution in [0.4, 0.5) is 0 Å². The second-order valence-corrected chi connectivity index (χ2v) is 4.79. The first kappa shape index (κ1) is 10.3. The summed E-state index contributed by atoms with van der Waals surface area (Å²) in [5.74, 6) is 0.597. The van der Waals surface area contributed by atoms with E-state index in [1.165, 1.54) is 0 Å². The Bertz CT molecular complexity index is 364. The van der Waals surface area contributed by atoms with E-state index in [4.69, 9.17) is 28.9 Å². The van der Waals surface area contributed by atoms with Crippen molar-refractivity contribution in [2.24, 2.45) is 11.7 Å². The number of rotatable bonds is 2. The molecule has 1 aliphatic rings. The Kier molecular flexibility index (Phi) is 2.50. The Balaban J connectivity index is 2.31. The van der Waals surface area contributed by atoms with Crippen molar-refractivity contribution in [3.63, 3.8) is 0 Å². The Labute approximate surface area is 94.2 Å². The maximum atomic E-state index is 6.24. The minimum atomic E-state index is -0.150. The smallest absolute Gasteiger partial charge is 0.0595 e. The second-order valence-electron chi connectivity index (χ2n) is 3.98. The zero-order chi connectivity index (χ0) is 10.3. The lowest BCUT2D eigenvalue weighted by Gasteiger charge is -2.12. The molecule has 3 heteroatoms. The number of hydrogen-bond donors (Lipinski definition) is 1. The fourth-order valence-corrected chi connectivity index (χ4v) is 2.29. The molecule has 1 fully saturated rings. The van der Waals surface area contributed by atoms with Crippen LogP contribution in [0.1, 0.15) is 25.3 Å². The molecule has 14 heavy (non-hydrogen) atoms. The van der Waals surface area contributed by atoms with E-state index in [1.807, 2.05) is 18.2 Å². The predicted molar refractivity (Wildman–Crippen MR) is 60.7 cm³/mol. The average Bonchev–Trinajstić information content (AvgIpc) is 2.83. The highest BCUT2D eigenvalue weighted by molar-refractivity contribution is 6.42. The highest BCUT2D eigenvalue weighted by atomic mass is 35.5. The van der Waals surface area contributed by atoms with E-state index < -0.39 is 0 Å². The lowest BCUT2D eigenvalue weighted by atomic mass is 10.0. The predicted octanol–water partition coefficient (Wildman–Crippen LogP) is 3.58. The molecule has 1 aromatic carbocycles. The van der Waals surface area contributed by atoms with Crippen LogP contribution in [0.15, 0.2) is 18.2 Å². The van der Waals surface area contributed by atoms with E-state index in [0.29, 0.717) is 16.0 Å². The molecule has 0 aliphatic heterocycles. The van der Waals surface area contributed by atoms with Gasteiger partial charge in [-0.2, -0.15) is 0 Å². The molecule has 2 atom stereocenters. The summed E-state index contributed by atoms with van der Waals surface area (Å²) in [6.45, 7) is 2.16. The molecule has 0 bridgehead atoms. The van der Waals surface area contributed by atoms with Crippen molar-refractivity contribution in [1.82, 2.24) is 0 Å². The minimum Gasteiger partial charge on any atom is -0.321 e. The maximum absolute atomic E-state index is 6.24. The summed E-state index contributed by atoms with van der Waals surface area (Å²) >= 11 is 11.8. The zero-order valence-corrected chi connectivity index (χ0v) is 9.57. The summed E-state index contributed by atoms with van der Waals surface area (Å²) < 4.78 is 0. The van der Waals surface area contributed by atoms with Gasteiger partial charge in [0.05, 0.1) is 10.0 Å². The van der Waals surface area contributed by atoms with E-state index in [9.17, 15) is 0 Å². The van der Waals surface area contributed by atoms with Gasteiger partial charge in [-0.3, -0.25) is 0 Å². The molecule has 2 N–H and O–H groups in total. The summed E-state index contributed by atoms with van der Waals surface area (Å²) in [5, 5.41) is 1.18. The maximum Gasteiger partial charge on any atom is 0.0595 e. The molecule has 0 amide bonds. The monoisotopic (exact) mass is 229 g/mol. The molecular weight excluding hydrogens is 217 g/mol. The van der Waals surface area contributed by atoms with Gasteiger partial charge >= 0.3 is 0 Å². The van der Waals surface area contributed by atoms with E-state index in [2.05, 4.69) is 6.92 Å². The van der Waals surface area contributed by atoms with Crippen LogP contribution in [-0.4, -0.2) is 0 Å². The van der Waals surface area contributed by atoms with Gasteiger partial charge in [0.15, 0.2) is 0 Å². The quantitative estimate of drug-likeness (QED) is 0.825. The van der Waals surface area contributed by atoms with Crippen LogP contribution in [0.5, 0.6) is 0 Å². The third-order valence-corrected chi connectivity index (χ3v) is 3.84. The van der Waals surface area contributed by atoms with Gasteiger partial charge in [0.1, 0.15) is 0 Å². The van der Waals surface area contributed by atoms with Gasteiger partial charge in [0.2, 0.25) is 0 Å². The number of benzene rings is 1. The Morgan fingerprint density at radius 3 is 2.64 bits per heavy atom. The normalized spacial score (nSPS) is 30.4. The Morgan fingerprint density at radius 1 is 1.43 bits per heavy atom. The van der Waals surface area contributed by atoms with Gasteiger partial charge in [-0.15, -0.1) is 0 Å². The number of hydrogen-bond acceptors (Lipinski definition) is 1. The first-order valence-electron chi connectivity index (χ1n) is 4.82. The Hall–Kier alpha value is -0.240. The van der Waals surface area contributed by atoms with Crippen LogP contribution in [0.2, 0.25) is 10.0 Å². The van der Waals surface area contributed by atoms with Gasteiger partial charge in [0, 0.05) is 5.54 Å². The topological polar surface area (TPSA) is 26.0 Å². The van der Waals surface area contributed by atoms with E-state index in [0.717, 1.165) is 18.4 Å². The molecule has 76 valence electrons. The SMILES string of the molecule is CCC1CC1(N)c1ccc(Cl)c(Cl)c1. The molecule has 0 spiro atoms. The van der Waals surface area contributed by atoms with Gasteiger partial charge in [-0.1, -0.05) is 42.6 Å². The highest BCUT2D eigenvalue weighted by Gasteiger charge is 2.50. The van der Waals surface area contributed by atoms with Crippen LogP contribution in [0, 0.1) is 5.92 Å². The van der Waals surface area contributed by atoms with Gasteiger partial charge in [-0.05, 0) is 30.0 Å². The zero-order valence-electron chi connectivity index (χ0n) is 8.06. The molecule has 1 nitrogen and oxygen atoms in total. The van der Waals surface area contributed by atoms with Crippen molar-refractivity contribution >= 4 is 23.2 Å². The standard InChI is InChI=1S/C11H13Cl2N/c1-2-7-6-11(7,14)8-3-4-9(12)10(13)5-8/h3-5,7H,2,6,14H2,1H3. The Morgan fingerprint density at radius 2 is 2.14 bits per heavy atom.